The van der Waals surface area contributed by atoms with E-state index in [4.69, 9.17) is 5.10 Å². The number of fused-ring (bicyclic) bond motifs is 1. The fourth-order valence-corrected chi connectivity index (χ4v) is 6.89. The fraction of sp³-hybridized carbons (Fsp3) is 0.500. The van der Waals surface area contributed by atoms with Crippen LogP contribution in [0.25, 0.3) is 0 Å². The standard InChI is InChI=1S/C34H38N6O4/c1-21-7-11-28(30(41)37-21)39-31(42)25-5-3-6-26(29(25)32(39)43)35-19-23-20-36-40(27(23)12-10-22-8-9-22)24-13-17-38(18-14-24)33(44)34(2)15-4-16-34/h3,5-6,20,22,24,28,35H,1,4,7-9,11,13-19H2,2H3,(H,37,41). The fourth-order valence-electron chi connectivity index (χ4n) is 6.89. The highest BCUT2D eigenvalue weighted by Gasteiger charge is 2.45. The lowest BCUT2D eigenvalue weighted by Crippen LogP contribution is -2.51. The number of hydrogen-bond acceptors (Lipinski definition) is 6. The molecule has 1 atom stereocenters. The van der Waals surface area contributed by atoms with Crippen LogP contribution in [0, 0.1) is 23.2 Å². The van der Waals surface area contributed by atoms with Gasteiger partial charge in [0.25, 0.3) is 11.8 Å². The van der Waals surface area contributed by atoms with Gasteiger partial charge < -0.3 is 15.5 Å². The Kier molecular flexibility index (Phi) is 7.07. The lowest BCUT2D eigenvalue weighted by Gasteiger charge is -2.43. The Bertz CT molecular complexity index is 1630. The number of hydrogen-bond donors (Lipinski definition) is 2. The summed E-state index contributed by atoms with van der Waals surface area (Å²) >= 11 is 0. The van der Waals surface area contributed by atoms with E-state index < -0.39 is 17.9 Å². The lowest BCUT2D eigenvalue weighted by molar-refractivity contribution is -0.147. The van der Waals surface area contributed by atoms with Crippen molar-refractivity contribution >= 4 is 29.3 Å². The van der Waals surface area contributed by atoms with Gasteiger partial charge in [0.2, 0.25) is 11.8 Å². The molecule has 5 aliphatic rings. The number of aromatic nitrogens is 2. The van der Waals surface area contributed by atoms with Gasteiger partial charge in [-0.1, -0.05) is 31.9 Å². The van der Waals surface area contributed by atoms with Crippen molar-refractivity contribution in [2.45, 2.75) is 83.3 Å². The zero-order chi connectivity index (χ0) is 30.6. The van der Waals surface area contributed by atoms with Crippen molar-refractivity contribution in [3.05, 3.63) is 59.1 Å². The van der Waals surface area contributed by atoms with Gasteiger partial charge in [0.15, 0.2) is 0 Å². The monoisotopic (exact) mass is 594 g/mol. The first kappa shape index (κ1) is 28.4. The van der Waals surface area contributed by atoms with E-state index in [1.54, 1.807) is 18.2 Å². The molecule has 3 aliphatic heterocycles. The summed E-state index contributed by atoms with van der Waals surface area (Å²) in [6.45, 7) is 7.70. The highest BCUT2D eigenvalue weighted by Crippen LogP contribution is 2.43. The number of allylic oxidation sites excluding steroid dienone is 1. The molecule has 10 nitrogen and oxygen atoms in total. The molecule has 2 saturated carbocycles. The third-order valence-corrected chi connectivity index (χ3v) is 9.96. The molecule has 4 heterocycles. The summed E-state index contributed by atoms with van der Waals surface area (Å²) in [7, 11) is 0. The minimum Gasteiger partial charge on any atom is -0.380 e. The van der Waals surface area contributed by atoms with Gasteiger partial charge in [0.1, 0.15) is 11.7 Å². The van der Waals surface area contributed by atoms with Crippen molar-refractivity contribution in [1.29, 1.82) is 0 Å². The minimum atomic E-state index is -0.860. The number of piperidine rings is 2. The molecule has 44 heavy (non-hydrogen) atoms. The molecule has 2 aliphatic carbocycles. The van der Waals surface area contributed by atoms with E-state index in [9.17, 15) is 19.2 Å². The molecule has 0 radical (unpaired) electrons. The van der Waals surface area contributed by atoms with Crippen LogP contribution in [0.1, 0.15) is 103 Å². The number of likely N-dealkylation sites (tertiary alicyclic amines) is 1. The predicted octanol–water partition coefficient (Wildman–Crippen LogP) is 4.00. The number of imide groups is 1. The Labute approximate surface area is 257 Å². The normalized spacial score (nSPS) is 23.1. The predicted molar refractivity (Wildman–Crippen MR) is 163 cm³/mol. The van der Waals surface area contributed by atoms with Crippen LogP contribution in [0.5, 0.6) is 0 Å². The van der Waals surface area contributed by atoms with E-state index in [-0.39, 0.29) is 28.8 Å². The third kappa shape index (κ3) is 4.98. The molecule has 1 unspecified atom stereocenters. The molecule has 7 rings (SSSR count). The Hall–Kier alpha value is -4.39. The topological polar surface area (TPSA) is 117 Å². The van der Waals surface area contributed by atoms with Gasteiger partial charge in [0.05, 0.1) is 23.4 Å². The van der Waals surface area contributed by atoms with Crippen molar-refractivity contribution in [2.75, 3.05) is 18.4 Å². The van der Waals surface area contributed by atoms with Crippen LogP contribution in [0.4, 0.5) is 5.69 Å². The Balaban J connectivity index is 1.09. The average molecular weight is 595 g/mol. The maximum atomic E-state index is 13.6. The van der Waals surface area contributed by atoms with Gasteiger partial charge in [-0.05, 0) is 69.4 Å². The Morgan fingerprint density at radius 3 is 2.57 bits per heavy atom. The minimum absolute atomic E-state index is 0.150. The van der Waals surface area contributed by atoms with Gasteiger partial charge in [-0.3, -0.25) is 28.8 Å². The second-order valence-electron chi connectivity index (χ2n) is 13.2. The second kappa shape index (κ2) is 11.0. The zero-order valence-corrected chi connectivity index (χ0v) is 25.2. The van der Waals surface area contributed by atoms with Crippen molar-refractivity contribution in [3.8, 4) is 11.8 Å². The van der Waals surface area contributed by atoms with Crippen LogP contribution in [0.15, 0.2) is 36.7 Å². The summed E-state index contributed by atoms with van der Waals surface area (Å²) in [6.07, 6.45) is 9.68. The van der Waals surface area contributed by atoms with Crippen LogP contribution in [-0.4, -0.2) is 62.3 Å². The molecule has 0 spiro atoms. The SMILES string of the molecule is C=C1CCC(N2C(=O)c3cccc(NCc4cnn(C5CCN(C(=O)C6(C)CCC6)CC5)c4C#CC4CC4)c3C2=O)C(=O)N1. The number of amides is 4. The van der Waals surface area contributed by atoms with Crippen LogP contribution in [-0.2, 0) is 16.1 Å². The van der Waals surface area contributed by atoms with E-state index in [1.807, 2.05) is 15.8 Å². The number of carbonyl (C=O) groups is 4. The van der Waals surface area contributed by atoms with Gasteiger partial charge in [0, 0.05) is 47.9 Å². The number of carbonyl (C=O) groups excluding carboxylic acids is 4. The van der Waals surface area contributed by atoms with Gasteiger partial charge >= 0.3 is 0 Å². The summed E-state index contributed by atoms with van der Waals surface area (Å²) < 4.78 is 2.03. The molecular weight excluding hydrogens is 556 g/mol. The summed E-state index contributed by atoms with van der Waals surface area (Å²) in [5.74, 6) is 6.20. The van der Waals surface area contributed by atoms with Crippen molar-refractivity contribution in [1.82, 2.24) is 24.9 Å². The number of benzene rings is 1. The van der Waals surface area contributed by atoms with Crippen molar-refractivity contribution in [2.24, 2.45) is 11.3 Å². The van der Waals surface area contributed by atoms with Crippen LogP contribution in [0.2, 0.25) is 0 Å². The molecule has 228 valence electrons. The Morgan fingerprint density at radius 2 is 1.89 bits per heavy atom. The van der Waals surface area contributed by atoms with Crippen LogP contribution >= 0.6 is 0 Å². The molecule has 1 aromatic heterocycles. The van der Waals surface area contributed by atoms with Gasteiger partial charge in [-0.15, -0.1) is 0 Å². The van der Waals surface area contributed by atoms with E-state index in [1.165, 1.54) is 0 Å². The van der Waals surface area contributed by atoms with Crippen molar-refractivity contribution < 1.29 is 19.2 Å². The quantitative estimate of drug-likeness (QED) is 0.386. The summed E-state index contributed by atoms with van der Waals surface area (Å²) in [6, 6.07) is 4.45. The van der Waals surface area contributed by atoms with Crippen LogP contribution < -0.4 is 10.6 Å². The molecule has 4 amide bonds. The first-order valence-electron chi connectivity index (χ1n) is 15.8. The van der Waals surface area contributed by atoms with Gasteiger partial charge in [-0.2, -0.15) is 5.10 Å². The number of rotatable bonds is 6. The largest absolute Gasteiger partial charge is 0.380 e. The molecule has 2 saturated heterocycles. The maximum absolute atomic E-state index is 13.6. The molecule has 2 N–H and O–H groups in total. The molecule has 0 bridgehead atoms. The lowest BCUT2D eigenvalue weighted by atomic mass is 9.69. The van der Waals surface area contributed by atoms with E-state index in [0.717, 1.165) is 74.2 Å². The van der Waals surface area contributed by atoms with E-state index >= 15 is 0 Å². The number of anilines is 1. The van der Waals surface area contributed by atoms with Crippen LogP contribution in [0.3, 0.4) is 0 Å². The number of nitrogens with zero attached hydrogens (tertiary/aromatic N) is 4. The maximum Gasteiger partial charge on any atom is 0.264 e. The molecule has 2 aromatic rings. The van der Waals surface area contributed by atoms with E-state index in [2.05, 4.69) is 36.0 Å². The smallest absolute Gasteiger partial charge is 0.264 e. The second-order valence-corrected chi connectivity index (χ2v) is 13.2. The first-order chi connectivity index (χ1) is 21.2. The molecule has 10 heteroatoms. The summed E-state index contributed by atoms with van der Waals surface area (Å²) in [5, 5.41) is 10.8. The zero-order valence-electron chi connectivity index (χ0n) is 25.2. The highest BCUT2D eigenvalue weighted by atomic mass is 16.2. The molecular formula is C34H38N6O4. The molecule has 4 fully saturated rings. The third-order valence-electron chi connectivity index (χ3n) is 9.96. The summed E-state index contributed by atoms with van der Waals surface area (Å²) in [4.78, 5) is 55.7. The van der Waals surface area contributed by atoms with Crippen molar-refractivity contribution in [3.63, 3.8) is 0 Å². The average Bonchev–Trinajstić information content (AvgIpc) is 3.70. The Morgan fingerprint density at radius 1 is 1.11 bits per heavy atom. The summed E-state index contributed by atoms with van der Waals surface area (Å²) in [5.41, 5.74) is 3.29. The van der Waals surface area contributed by atoms with E-state index in [0.29, 0.717) is 42.3 Å². The molecule has 1 aromatic carbocycles. The number of nitrogens with one attached hydrogen (secondary N) is 2. The highest BCUT2D eigenvalue weighted by molar-refractivity contribution is 6.25. The van der Waals surface area contributed by atoms with Gasteiger partial charge in [-0.25, -0.2) is 0 Å². The first-order valence-corrected chi connectivity index (χ1v) is 15.8.